The largest absolute Gasteiger partial charge is 0.451 e. The number of amides is 1. The molecule has 0 bridgehead atoms. The maximum atomic E-state index is 13.1. The maximum absolute atomic E-state index is 13.1. The molecule has 0 radical (unpaired) electrons. The monoisotopic (exact) mass is 398 g/mol. The van der Waals surface area contributed by atoms with Crippen LogP contribution in [0.1, 0.15) is 22.3 Å². The zero-order valence-corrected chi connectivity index (χ0v) is 16.3. The van der Waals surface area contributed by atoms with Crippen molar-refractivity contribution in [1.29, 1.82) is 0 Å². The molecule has 5 nitrogen and oxygen atoms in total. The van der Waals surface area contributed by atoms with Crippen LogP contribution in [0.3, 0.4) is 0 Å². The van der Waals surface area contributed by atoms with Crippen LogP contribution in [0.25, 0.3) is 10.6 Å². The average molecular weight is 398 g/mol. The SMILES string of the molecule is CCN(C(=O)COC(=O)c1sc(-c2ccc(F)cc2)nc1C)c1ccccc1. The van der Waals surface area contributed by atoms with Gasteiger partial charge in [-0.25, -0.2) is 14.2 Å². The molecule has 0 aliphatic rings. The van der Waals surface area contributed by atoms with Crippen molar-refractivity contribution in [2.45, 2.75) is 13.8 Å². The molecule has 0 saturated heterocycles. The minimum atomic E-state index is -0.596. The summed E-state index contributed by atoms with van der Waals surface area (Å²) in [6.07, 6.45) is 0. The van der Waals surface area contributed by atoms with E-state index in [1.54, 1.807) is 24.0 Å². The second-order valence-electron chi connectivity index (χ2n) is 5.99. The number of aryl methyl sites for hydroxylation is 1. The molecule has 7 heteroatoms. The van der Waals surface area contributed by atoms with Crippen molar-refractivity contribution in [3.05, 3.63) is 71.0 Å². The normalized spacial score (nSPS) is 10.5. The molecule has 28 heavy (non-hydrogen) atoms. The molecule has 0 fully saturated rings. The van der Waals surface area contributed by atoms with Gasteiger partial charge in [0.2, 0.25) is 0 Å². The van der Waals surface area contributed by atoms with E-state index in [1.165, 1.54) is 12.1 Å². The highest BCUT2D eigenvalue weighted by Gasteiger charge is 2.21. The number of rotatable bonds is 6. The van der Waals surface area contributed by atoms with Crippen LogP contribution >= 0.6 is 11.3 Å². The Bertz CT molecular complexity index is 971. The summed E-state index contributed by atoms with van der Waals surface area (Å²) < 4.78 is 18.3. The predicted molar refractivity (Wildman–Crippen MR) is 107 cm³/mol. The van der Waals surface area contributed by atoms with Gasteiger partial charge in [0.1, 0.15) is 15.7 Å². The Morgan fingerprint density at radius 3 is 2.43 bits per heavy atom. The first-order chi connectivity index (χ1) is 13.5. The number of anilines is 1. The molecule has 0 N–H and O–H groups in total. The summed E-state index contributed by atoms with van der Waals surface area (Å²) in [6.45, 7) is 3.67. The summed E-state index contributed by atoms with van der Waals surface area (Å²) in [5.41, 5.74) is 1.97. The van der Waals surface area contributed by atoms with Gasteiger partial charge in [0.25, 0.3) is 5.91 Å². The lowest BCUT2D eigenvalue weighted by Crippen LogP contribution is -2.34. The zero-order valence-electron chi connectivity index (χ0n) is 15.5. The molecule has 1 amide bonds. The molecule has 3 rings (SSSR count). The Hall–Kier alpha value is -3.06. The summed E-state index contributed by atoms with van der Waals surface area (Å²) in [5, 5.41) is 0.593. The van der Waals surface area contributed by atoms with E-state index in [9.17, 15) is 14.0 Å². The van der Waals surface area contributed by atoms with Crippen LogP contribution in [0.5, 0.6) is 0 Å². The Morgan fingerprint density at radius 1 is 1.11 bits per heavy atom. The Labute approximate surface area is 166 Å². The van der Waals surface area contributed by atoms with Crippen LogP contribution in [-0.4, -0.2) is 30.0 Å². The Balaban J connectivity index is 1.68. The van der Waals surface area contributed by atoms with E-state index >= 15 is 0 Å². The van der Waals surface area contributed by atoms with Crippen LogP contribution in [0.2, 0.25) is 0 Å². The smallest absolute Gasteiger partial charge is 0.350 e. The molecule has 0 aliphatic carbocycles. The van der Waals surface area contributed by atoms with Gasteiger partial charge in [-0.1, -0.05) is 18.2 Å². The van der Waals surface area contributed by atoms with Crippen LogP contribution < -0.4 is 4.90 Å². The second-order valence-corrected chi connectivity index (χ2v) is 6.99. The van der Waals surface area contributed by atoms with Crippen molar-refractivity contribution in [3.8, 4) is 10.6 Å². The average Bonchev–Trinajstić information content (AvgIpc) is 3.10. The number of nitrogens with zero attached hydrogens (tertiary/aromatic N) is 2. The lowest BCUT2D eigenvalue weighted by atomic mass is 10.2. The van der Waals surface area contributed by atoms with Gasteiger partial charge in [-0.05, 0) is 50.2 Å². The summed E-state index contributed by atoms with van der Waals surface area (Å²) >= 11 is 1.16. The van der Waals surface area contributed by atoms with E-state index in [2.05, 4.69) is 4.98 Å². The van der Waals surface area contributed by atoms with Crippen LogP contribution in [0.4, 0.5) is 10.1 Å². The van der Waals surface area contributed by atoms with Crippen LogP contribution in [-0.2, 0) is 9.53 Å². The van der Waals surface area contributed by atoms with Crippen molar-refractivity contribution in [3.63, 3.8) is 0 Å². The van der Waals surface area contributed by atoms with E-state index in [-0.39, 0.29) is 18.3 Å². The molecule has 1 aromatic heterocycles. The van der Waals surface area contributed by atoms with E-state index < -0.39 is 5.97 Å². The summed E-state index contributed by atoms with van der Waals surface area (Å²) in [5.74, 6) is -1.24. The number of ether oxygens (including phenoxy) is 1. The van der Waals surface area contributed by atoms with Gasteiger partial charge in [0, 0.05) is 17.8 Å². The molecule has 0 spiro atoms. The van der Waals surface area contributed by atoms with Gasteiger partial charge in [0.15, 0.2) is 6.61 Å². The molecule has 1 heterocycles. The van der Waals surface area contributed by atoms with Crippen molar-refractivity contribution in [1.82, 2.24) is 4.98 Å². The van der Waals surface area contributed by atoms with Gasteiger partial charge in [-0.2, -0.15) is 0 Å². The molecular weight excluding hydrogens is 379 g/mol. The Morgan fingerprint density at radius 2 is 1.79 bits per heavy atom. The van der Waals surface area contributed by atoms with Gasteiger partial charge >= 0.3 is 5.97 Å². The highest BCUT2D eigenvalue weighted by atomic mass is 32.1. The summed E-state index contributed by atoms with van der Waals surface area (Å²) in [6, 6.07) is 15.1. The summed E-state index contributed by atoms with van der Waals surface area (Å²) in [7, 11) is 0. The molecule has 2 aromatic carbocycles. The van der Waals surface area contributed by atoms with Crippen molar-refractivity contribution in [2.24, 2.45) is 0 Å². The number of benzene rings is 2. The number of aromatic nitrogens is 1. The van der Waals surface area contributed by atoms with Crippen LogP contribution in [0, 0.1) is 12.7 Å². The van der Waals surface area contributed by atoms with Gasteiger partial charge < -0.3 is 9.64 Å². The fourth-order valence-electron chi connectivity index (χ4n) is 2.68. The number of hydrogen-bond acceptors (Lipinski definition) is 5. The quantitative estimate of drug-likeness (QED) is 0.575. The van der Waals surface area contributed by atoms with Crippen molar-refractivity contribution >= 4 is 28.9 Å². The number of esters is 1. The van der Waals surface area contributed by atoms with Gasteiger partial charge in [-0.3, -0.25) is 4.79 Å². The third kappa shape index (κ3) is 4.43. The highest BCUT2D eigenvalue weighted by molar-refractivity contribution is 7.17. The number of carbonyl (C=O) groups is 2. The summed E-state index contributed by atoms with van der Waals surface area (Å²) in [4.78, 5) is 31.1. The number of halogens is 1. The zero-order chi connectivity index (χ0) is 20.1. The number of thiazole rings is 1. The lowest BCUT2D eigenvalue weighted by Gasteiger charge is -2.20. The predicted octanol–water partition coefficient (Wildman–Crippen LogP) is 4.47. The number of hydrogen-bond donors (Lipinski definition) is 0. The third-order valence-corrected chi connectivity index (χ3v) is 5.27. The molecule has 3 aromatic rings. The molecular formula is C21H19FN2O3S. The van der Waals surface area contributed by atoms with E-state index in [0.29, 0.717) is 27.7 Å². The van der Waals surface area contributed by atoms with Gasteiger partial charge in [0.05, 0.1) is 5.69 Å². The topological polar surface area (TPSA) is 59.5 Å². The first-order valence-corrected chi connectivity index (χ1v) is 9.57. The van der Waals surface area contributed by atoms with Crippen LogP contribution in [0.15, 0.2) is 54.6 Å². The molecule has 144 valence electrons. The first kappa shape index (κ1) is 19.7. The van der Waals surface area contributed by atoms with Gasteiger partial charge in [-0.15, -0.1) is 11.3 Å². The number of para-hydroxylation sites is 1. The fraction of sp³-hybridized carbons (Fsp3) is 0.190. The van der Waals surface area contributed by atoms with Crippen molar-refractivity contribution in [2.75, 3.05) is 18.1 Å². The minimum absolute atomic E-state index is 0.303. The highest BCUT2D eigenvalue weighted by Crippen LogP contribution is 2.28. The first-order valence-electron chi connectivity index (χ1n) is 8.75. The lowest BCUT2D eigenvalue weighted by molar-refractivity contribution is -0.121. The molecule has 0 atom stereocenters. The van der Waals surface area contributed by atoms with E-state index in [0.717, 1.165) is 17.0 Å². The number of likely N-dealkylation sites (N-methyl/N-ethyl adjacent to an activating group) is 1. The van der Waals surface area contributed by atoms with E-state index in [4.69, 9.17) is 4.74 Å². The Kier molecular flexibility index (Phi) is 6.16. The third-order valence-electron chi connectivity index (χ3n) is 4.09. The number of carbonyl (C=O) groups excluding carboxylic acids is 2. The second kappa shape index (κ2) is 8.75. The minimum Gasteiger partial charge on any atom is -0.451 e. The van der Waals surface area contributed by atoms with E-state index in [1.807, 2.05) is 37.3 Å². The standard InChI is InChI=1S/C21H19FN2O3S/c1-3-24(17-7-5-4-6-8-17)18(25)13-27-21(26)19-14(2)23-20(28-19)15-9-11-16(22)12-10-15/h4-12H,3,13H2,1-2H3. The molecule has 0 aliphatic heterocycles. The molecule has 0 saturated carbocycles. The van der Waals surface area contributed by atoms with Crippen molar-refractivity contribution < 1.29 is 18.7 Å². The molecule has 0 unspecified atom stereocenters. The fourth-order valence-corrected chi connectivity index (χ4v) is 3.65. The maximum Gasteiger partial charge on any atom is 0.350 e.